The Morgan fingerprint density at radius 2 is 1.84 bits per heavy atom. The van der Waals surface area contributed by atoms with Gasteiger partial charge in [0.2, 0.25) is 0 Å². The molecule has 0 aromatic heterocycles. The fourth-order valence-electron chi connectivity index (χ4n) is 4.58. The van der Waals surface area contributed by atoms with Gasteiger partial charge in [0.1, 0.15) is 0 Å². The lowest BCUT2D eigenvalue weighted by Crippen LogP contribution is -2.48. The van der Waals surface area contributed by atoms with E-state index in [9.17, 15) is 4.21 Å². The van der Waals surface area contributed by atoms with Crippen LogP contribution in [-0.2, 0) is 17.3 Å². The molecule has 0 spiro atoms. The molecule has 6 nitrogen and oxygen atoms in total. The summed E-state index contributed by atoms with van der Waals surface area (Å²) in [6, 6.07) is 11.1. The van der Waals surface area contributed by atoms with Gasteiger partial charge in [-0.15, -0.1) is 0 Å². The lowest BCUT2D eigenvalue weighted by Gasteiger charge is -2.34. The number of rotatable bonds is 9. The maximum absolute atomic E-state index is 12.2. The number of piperazine rings is 1. The third-order valence-corrected chi connectivity index (χ3v) is 8.11. The summed E-state index contributed by atoms with van der Waals surface area (Å²) in [7, 11) is -0.689. The molecule has 0 amide bonds. The number of aliphatic imine (C=N–C) groups is 1. The van der Waals surface area contributed by atoms with Crippen molar-refractivity contribution in [1.29, 1.82) is 0 Å². The molecule has 3 unspecified atom stereocenters. The van der Waals surface area contributed by atoms with Crippen molar-refractivity contribution in [2.45, 2.75) is 57.4 Å². The minimum absolute atomic E-state index is 0.339. The fourth-order valence-corrected chi connectivity index (χ4v) is 5.93. The maximum atomic E-state index is 12.2. The predicted octanol–water partition coefficient (Wildman–Crippen LogP) is 2.44. The zero-order valence-electron chi connectivity index (χ0n) is 19.4. The minimum Gasteiger partial charge on any atom is -0.357 e. The van der Waals surface area contributed by atoms with Crippen LogP contribution in [0.2, 0.25) is 0 Å². The van der Waals surface area contributed by atoms with Gasteiger partial charge in [-0.3, -0.25) is 19.0 Å². The third-order valence-electron chi connectivity index (χ3n) is 6.37. The molecule has 1 heterocycles. The van der Waals surface area contributed by atoms with Gasteiger partial charge < -0.3 is 10.6 Å². The second-order valence-corrected chi connectivity index (χ2v) is 10.7. The summed E-state index contributed by atoms with van der Waals surface area (Å²) >= 11 is 0. The van der Waals surface area contributed by atoms with E-state index >= 15 is 0 Å². The zero-order valence-corrected chi connectivity index (χ0v) is 20.2. The van der Waals surface area contributed by atoms with E-state index in [-0.39, 0.29) is 0 Å². The molecule has 1 saturated carbocycles. The summed E-state index contributed by atoms with van der Waals surface area (Å²) in [6.07, 6.45) is 4.39. The first-order chi connectivity index (χ1) is 15.2. The van der Waals surface area contributed by atoms with E-state index in [1.807, 2.05) is 6.92 Å². The van der Waals surface area contributed by atoms with Crippen molar-refractivity contribution in [1.82, 2.24) is 20.4 Å². The highest BCUT2D eigenvalue weighted by molar-refractivity contribution is 7.85. The predicted molar refractivity (Wildman–Crippen MR) is 132 cm³/mol. The number of benzene rings is 1. The number of hydrogen-bond acceptors (Lipinski definition) is 4. The van der Waals surface area contributed by atoms with E-state index in [4.69, 9.17) is 4.99 Å². The Bertz CT molecular complexity index is 690. The van der Waals surface area contributed by atoms with Gasteiger partial charge in [-0.05, 0) is 31.7 Å². The minimum atomic E-state index is -0.689. The normalized spacial score (nSPS) is 24.6. The van der Waals surface area contributed by atoms with Crippen molar-refractivity contribution in [3.8, 4) is 0 Å². The van der Waals surface area contributed by atoms with E-state index in [0.717, 1.165) is 89.8 Å². The Labute approximate surface area is 191 Å². The van der Waals surface area contributed by atoms with E-state index < -0.39 is 10.8 Å². The highest BCUT2D eigenvalue weighted by atomic mass is 32.2. The van der Waals surface area contributed by atoms with Crippen molar-refractivity contribution in [2.24, 2.45) is 4.99 Å². The van der Waals surface area contributed by atoms with Crippen LogP contribution in [0.25, 0.3) is 0 Å². The van der Waals surface area contributed by atoms with Crippen LogP contribution in [0.15, 0.2) is 35.3 Å². The molecule has 0 bridgehead atoms. The van der Waals surface area contributed by atoms with Crippen molar-refractivity contribution in [2.75, 3.05) is 51.6 Å². The summed E-state index contributed by atoms with van der Waals surface area (Å²) in [5.74, 6) is 1.68. The molecule has 1 aromatic carbocycles. The Hall–Kier alpha value is -1.44. The van der Waals surface area contributed by atoms with Crippen molar-refractivity contribution in [3.63, 3.8) is 0 Å². The Morgan fingerprint density at radius 1 is 1.10 bits per heavy atom. The molecule has 31 heavy (non-hydrogen) atoms. The van der Waals surface area contributed by atoms with Crippen LogP contribution in [0.1, 0.15) is 45.1 Å². The molecule has 2 aliphatic rings. The van der Waals surface area contributed by atoms with Crippen molar-refractivity contribution < 1.29 is 4.21 Å². The first-order valence-electron chi connectivity index (χ1n) is 12.1. The first-order valence-corrected chi connectivity index (χ1v) is 13.5. The number of nitrogens with zero attached hydrogens (tertiary/aromatic N) is 3. The van der Waals surface area contributed by atoms with Gasteiger partial charge in [0.25, 0.3) is 0 Å². The lowest BCUT2D eigenvalue weighted by atomic mass is 9.95. The van der Waals surface area contributed by atoms with Crippen LogP contribution < -0.4 is 10.6 Å². The summed E-state index contributed by atoms with van der Waals surface area (Å²) in [5, 5.41) is 7.35. The summed E-state index contributed by atoms with van der Waals surface area (Å²) in [4.78, 5) is 9.91. The van der Waals surface area contributed by atoms with Crippen LogP contribution in [0, 0.1) is 0 Å². The van der Waals surface area contributed by atoms with Crippen molar-refractivity contribution >= 4 is 16.8 Å². The van der Waals surface area contributed by atoms with Crippen LogP contribution in [0.4, 0.5) is 0 Å². The van der Waals surface area contributed by atoms with E-state index in [1.54, 1.807) is 0 Å². The first kappa shape index (κ1) is 24.2. The quantitative estimate of drug-likeness (QED) is 0.450. The van der Waals surface area contributed by atoms with Gasteiger partial charge in [0.05, 0.1) is 6.54 Å². The van der Waals surface area contributed by atoms with Gasteiger partial charge in [-0.2, -0.15) is 0 Å². The Kier molecular flexibility index (Phi) is 10.3. The molecule has 2 N–H and O–H groups in total. The summed E-state index contributed by atoms with van der Waals surface area (Å²) < 4.78 is 12.2. The van der Waals surface area contributed by atoms with Gasteiger partial charge in [-0.1, -0.05) is 43.7 Å². The van der Waals surface area contributed by atoms with E-state index in [1.165, 1.54) is 5.56 Å². The number of hydrogen-bond donors (Lipinski definition) is 2. The number of nitrogens with one attached hydrogen (secondary N) is 2. The second kappa shape index (κ2) is 13.2. The fraction of sp³-hybridized carbons (Fsp3) is 0.708. The second-order valence-electron chi connectivity index (χ2n) is 8.66. The van der Waals surface area contributed by atoms with Gasteiger partial charge in [0, 0.05) is 73.7 Å². The SMILES string of the molecule is CCNC(=NCCN1CCN(Cc2ccccc2)CC1)NC1CCCC(S(=O)CC)C1. The van der Waals surface area contributed by atoms with Gasteiger partial charge in [0.15, 0.2) is 5.96 Å². The molecule has 0 radical (unpaired) electrons. The van der Waals surface area contributed by atoms with Crippen LogP contribution in [-0.4, -0.2) is 82.8 Å². The Morgan fingerprint density at radius 3 is 2.55 bits per heavy atom. The molecule has 174 valence electrons. The highest BCUT2D eigenvalue weighted by Gasteiger charge is 2.26. The highest BCUT2D eigenvalue weighted by Crippen LogP contribution is 2.23. The third kappa shape index (κ3) is 8.20. The van der Waals surface area contributed by atoms with Gasteiger partial charge in [-0.25, -0.2) is 0 Å². The molecule has 7 heteroatoms. The molecule has 3 atom stereocenters. The maximum Gasteiger partial charge on any atom is 0.191 e. The van der Waals surface area contributed by atoms with Crippen LogP contribution in [0.5, 0.6) is 0 Å². The number of guanidine groups is 1. The molecule has 1 aromatic rings. The van der Waals surface area contributed by atoms with E-state index in [0.29, 0.717) is 11.3 Å². The molecular formula is C24H41N5OS. The average Bonchev–Trinajstić information content (AvgIpc) is 2.80. The van der Waals surface area contributed by atoms with Crippen molar-refractivity contribution in [3.05, 3.63) is 35.9 Å². The summed E-state index contributed by atoms with van der Waals surface area (Å²) in [5.41, 5.74) is 1.40. The Balaban J connectivity index is 1.40. The molecule has 1 aliphatic heterocycles. The monoisotopic (exact) mass is 447 g/mol. The largest absolute Gasteiger partial charge is 0.357 e. The van der Waals surface area contributed by atoms with E-state index in [2.05, 4.69) is 57.7 Å². The van der Waals surface area contributed by atoms with Crippen LogP contribution >= 0.6 is 0 Å². The molecule has 2 fully saturated rings. The zero-order chi connectivity index (χ0) is 21.9. The molecular weight excluding hydrogens is 406 g/mol. The summed E-state index contributed by atoms with van der Waals surface area (Å²) in [6.45, 7) is 12.3. The topological polar surface area (TPSA) is 60.0 Å². The smallest absolute Gasteiger partial charge is 0.191 e. The molecule has 1 saturated heterocycles. The molecule has 1 aliphatic carbocycles. The lowest BCUT2D eigenvalue weighted by molar-refractivity contribution is 0.130. The molecule has 3 rings (SSSR count). The standard InChI is InChI=1S/C24H41N5OS/c1-3-25-24(27-22-11-8-12-23(19-22)31(30)4-2)26-13-14-28-15-17-29(18-16-28)20-21-9-6-5-7-10-21/h5-7,9-10,22-23H,3-4,8,11-20H2,1-2H3,(H2,25,26,27). The van der Waals surface area contributed by atoms with Gasteiger partial charge >= 0.3 is 0 Å². The van der Waals surface area contributed by atoms with Crippen LogP contribution in [0.3, 0.4) is 0 Å². The average molecular weight is 448 g/mol.